The summed E-state index contributed by atoms with van der Waals surface area (Å²) in [5, 5.41) is 0. The van der Waals surface area contributed by atoms with E-state index in [1.54, 1.807) is 18.2 Å². The third kappa shape index (κ3) is 4.36. The Bertz CT molecular complexity index is 584. The van der Waals surface area contributed by atoms with Gasteiger partial charge < -0.3 is 4.90 Å². The first-order valence-corrected chi connectivity index (χ1v) is 10.2. The first kappa shape index (κ1) is 18.7. The Balaban J connectivity index is 1.65. The van der Waals surface area contributed by atoms with Crippen molar-refractivity contribution < 1.29 is 9.18 Å². The first-order chi connectivity index (χ1) is 12.1. The molecule has 1 atom stereocenters. The molecule has 2 aliphatic heterocycles. The van der Waals surface area contributed by atoms with Crippen LogP contribution in [0.4, 0.5) is 4.39 Å². The van der Waals surface area contributed by atoms with Crippen LogP contribution in [0.15, 0.2) is 24.3 Å². The summed E-state index contributed by atoms with van der Waals surface area (Å²) in [5.74, 6) is 2.14. The van der Waals surface area contributed by atoms with Crippen LogP contribution in [0, 0.1) is 5.82 Å². The first-order valence-electron chi connectivity index (χ1n) is 9.09. The van der Waals surface area contributed by atoms with E-state index in [0.717, 1.165) is 25.9 Å². The summed E-state index contributed by atoms with van der Waals surface area (Å²) < 4.78 is 14.2. The molecule has 3 rings (SSSR count). The van der Waals surface area contributed by atoms with Gasteiger partial charge in [0.2, 0.25) is 5.91 Å². The van der Waals surface area contributed by atoms with Crippen molar-refractivity contribution in [2.75, 3.05) is 51.8 Å². The number of halogens is 1. The number of amides is 1. The summed E-state index contributed by atoms with van der Waals surface area (Å²) in [4.78, 5) is 19.4. The van der Waals surface area contributed by atoms with E-state index >= 15 is 0 Å². The highest BCUT2D eigenvalue weighted by atomic mass is 32.2. The molecule has 1 aromatic carbocycles. The SMILES string of the molecule is CN(C)[C@H](C(=O)N1CCC(N2CCSCC2)CC1)c1ccccc1F. The van der Waals surface area contributed by atoms with Gasteiger partial charge in [-0.05, 0) is 33.0 Å². The number of thioether (sulfide) groups is 1. The molecular formula is C19H28FN3OS. The lowest BCUT2D eigenvalue weighted by Crippen LogP contribution is -2.51. The Morgan fingerprint density at radius 3 is 2.40 bits per heavy atom. The Labute approximate surface area is 154 Å². The predicted molar refractivity (Wildman–Crippen MR) is 101 cm³/mol. The minimum absolute atomic E-state index is 0.0164. The van der Waals surface area contributed by atoms with Crippen molar-refractivity contribution in [2.24, 2.45) is 0 Å². The second-order valence-electron chi connectivity index (χ2n) is 7.09. The van der Waals surface area contributed by atoms with E-state index in [1.807, 2.05) is 35.7 Å². The third-order valence-electron chi connectivity index (χ3n) is 5.29. The van der Waals surface area contributed by atoms with E-state index in [-0.39, 0.29) is 11.7 Å². The van der Waals surface area contributed by atoms with Crippen molar-refractivity contribution in [1.82, 2.24) is 14.7 Å². The van der Waals surface area contributed by atoms with Crippen LogP contribution in [0.3, 0.4) is 0 Å². The van der Waals surface area contributed by atoms with E-state index in [4.69, 9.17) is 0 Å². The standard InChI is InChI=1S/C19H28FN3OS/c1-21(2)18(16-5-3-4-6-17(16)20)19(24)23-9-7-15(8-10-23)22-11-13-25-14-12-22/h3-6,15,18H,7-14H2,1-2H3/t18-/m0/s1. The van der Waals surface area contributed by atoms with Gasteiger partial charge in [-0.1, -0.05) is 18.2 Å². The molecule has 2 fully saturated rings. The van der Waals surface area contributed by atoms with E-state index in [0.29, 0.717) is 11.6 Å². The molecule has 0 radical (unpaired) electrons. The molecule has 2 aliphatic rings. The number of hydrogen-bond acceptors (Lipinski definition) is 4. The van der Waals surface area contributed by atoms with Gasteiger partial charge in [-0.3, -0.25) is 14.6 Å². The van der Waals surface area contributed by atoms with E-state index in [9.17, 15) is 9.18 Å². The van der Waals surface area contributed by atoms with E-state index in [1.165, 1.54) is 30.7 Å². The van der Waals surface area contributed by atoms with E-state index < -0.39 is 6.04 Å². The van der Waals surface area contributed by atoms with Crippen LogP contribution in [0.2, 0.25) is 0 Å². The summed E-state index contributed by atoms with van der Waals surface area (Å²) in [6.45, 7) is 3.87. The summed E-state index contributed by atoms with van der Waals surface area (Å²) >= 11 is 2.03. The maximum absolute atomic E-state index is 14.2. The van der Waals surface area contributed by atoms with Crippen molar-refractivity contribution in [1.29, 1.82) is 0 Å². The monoisotopic (exact) mass is 365 g/mol. The fraction of sp³-hybridized carbons (Fsp3) is 0.632. The third-order valence-corrected chi connectivity index (χ3v) is 6.23. The smallest absolute Gasteiger partial charge is 0.244 e. The maximum Gasteiger partial charge on any atom is 0.244 e. The molecule has 4 nitrogen and oxygen atoms in total. The Hall–Kier alpha value is -1.11. The zero-order valence-corrected chi connectivity index (χ0v) is 16.0. The van der Waals surface area contributed by atoms with Crippen LogP contribution in [0.1, 0.15) is 24.4 Å². The number of carbonyl (C=O) groups is 1. The lowest BCUT2D eigenvalue weighted by atomic mass is 9.99. The second kappa shape index (κ2) is 8.52. The molecule has 2 heterocycles. The van der Waals surface area contributed by atoms with Gasteiger partial charge in [0.15, 0.2) is 0 Å². The highest BCUT2D eigenvalue weighted by molar-refractivity contribution is 7.99. The lowest BCUT2D eigenvalue weighted by Gasteiger charge is -2.41. The molecule has 0 aromatic heterocycles. The molecule has 25 heavy (non-hydrogen) atoms. The van der Waals surface area contributed by atoms with Gasteiger partial charge in [-0.2, -0.15) is 11.8 Å². The number of rotatable bonds is 4. The zero-order valence-electron chi connectivity index (χ0n) is 15.2. The van der Waals surface area contributed by atoms with Crippen LogP contribution in [-0.4, -0.2) is 78.4 Å². The number of likely N-dealkylation sites (tertiary alicyclic amines) is 1. The summed E-state index contributed by atoms with van der Waals surface area (Å²) in [6.07, 6.45) is 2.04. The Kier molecular flexibility index (Phi) is 6.36. The van der Waals surface area contributed by atoms with Gasteiger partial charge in [0.1, 0.15) is 11.9 Å². The zero-order chi connectivity index (χ0) is 17.8. The van der Waals surface area contributed by atoms with Crippen LogP contribution < -0.4 is 0 Å². The highest BCUT2D eigenvalue weighted by Crippen LogP contribution is 2.27. The van der Waals surface area contributed by atoms with Crippen molar-refractivity contribution >= 4 is 17.7 Å². The topological polar surface area (TPSA) is 26.8 Å². The highest BCUT2D eigenvalue weighted by Gasteiger charge is 2.33. The summed E-state index contributed by atoms with van der Waals surface area (Å²) in [6, 6.07) is 6.65. The number of piperidine rings is 1. The summed E-state index contributed by atoms with van der Waals surface area (Å²) in [7, 11) is 3.68. The summed E-state index contributed by atoms with van der Waals surface area (Å²) in [5.41, 5.74) is 0.465. The van der Waals surface area contributed by atoms with Crippen LogP contribution in [0.25, 0.3) is 0 Å². The number of hydrogen-bond donors (Lipinski definition) is 0. The van der Waals surface area contributed by atoms with Crippen molar-refractivity contribution in [2.45, 2.75) is 24.9 Å². The molecular weight excluding hydrogens is 337 g/mol. The van der Waals surface area contributed by atoms with Crippen LogP contribution in [-0.2, 0) is 4.79 Å². The molecule has 0 spiro atoms. The van der Waals surface area contributed by atoms with Crippen molar-refractivity contribution in [3.63, 3.8) is 0 Å². The van der Waals surface area contributed by atoms with Crippen LogP contribution in [0.5, 0.6) is 0 Å². The average Bonchev–Trinajstić information content (AvgIpc) is 2.64. The molecule has 138 valence electrons. The van der Waals surface area contributed by atoms with Gasteiger partial charge in [-0.25, -0.2) is 4.39 Å². The molecule has 0 N–H and O–H groups in total. The number of carbonyl (C=O) groups excluding carboxylic acids is 1. The van der Waals surface area contributed by atoms with Gasteiger partial charge in [0.05, 0.1) is 0 Å². The fourth-order valence-corrected chi connectivity index (χ4v) is 4.83. The minimum Gasteiger partial charge on any atom is -0.341 e. The van der Waals surface area contributed by atoms with Gasteiger partial charge in [0.25, 0.3) is 0 Å². The predicted octanol–water partition coefficient (Wildman–Crippen LogP) is 2.47. The van der Waals surface area contributed by atoms with Gasteiger partial charge in [-0.15, -0.1) is 0 Å². The minimum atomic E-state index is -0.552. The quantitative estimate of drug-likeness (QED) is 0.819. The number of likely N-dealkylation sites (N-methyl/N-ethyl adjacent to an activating group) is 1. The molecule has 0 saturated carbocycles. The van der Waals surface area contributed by atoms with Crippen LogP contribution >= 0.6 is 11.8 Å². The average molecular weight is 366 g/mol. The molecule has 1 amide bonds. The largest absolute Gasteiger partial charge is 0.341 e. The molecule has 0 aliphatic carbocycles. The number of benzene rings is 1. The van der Waals surface area contributed by atoms with Gasteiger partial charge in [0, 0.05) is 49.3 Å². The number of nitrogens with zero attached hydrogens (tertiary/aromatic N) is 3. The molecule has 0 unspecified atom stereocenters. The Morgan fingerprint density at radius 1 is 1.16 bits per heavy atom. The fourth-order valence-electron chi connectivity index (χ4n) is 3.90. The second-order valence-corrected chi connectivity index (χ2v) is 8.32. The molecule has 2 saturated heterocycles. The van der Waals surface area contributed by atoms with Crippen molar-refractivity contribution in [3.8, 4) is 0 Å². The Morgan fingerprint density at radius 2 is 1.80 bits per heavy atom. The van der Waals surface area contributed by atoms with Crippen molar-refractivity contribution in [3.05, 3.63) is 35.6 Å². The lowest BCUT2D eigenvalue weighted by molar-refractivity contribution is -0.138. The normalized spacial score (nSPS) is 21.5. The molecule has 1 aromatic rings. The maximum atomic E-state index is 14.2. The molecule has 6 heteroatoms. The van der Waals surface area contributed by atoms with E-state index in [2.05, 4.69) is 4.90 Å². The van der Waals surface area contributed by atoms with Gasteiger partial charge >= 0.3 is 0 Å². The molecule has 0 bridgehead atoms.